The van der Waals surface area contributed by atoms with Gasteiger partial charge in [0, 0.05) is 18.5 Å². The van der Waals surface area contributed by atoms with Crippen molar-refractivity contribution in [1.29, 1.82) is 0 Å². The highest BCUT2D eigenvalue weighted by Gasteiger charge is 2.30. The van der Waals surface area contributed by atoms with Crippen LogP contribution < -0.4 is 10.9 Å². The van der Waals surface area contributed by atoms with Crippen molar-refractivity contribution in [1.82, 2.24) is 15.8 Å². The van der Waals surface area contributed by atoms with E-state index in [4.69, 9.17) is 0 Å². The number of fused-ring (bicyclic) bond motifs is 1. The van der Waals surface area contributed by atoms with E-state index in [1.807, 2.05) is 0 Å². The molecule has 1 aliphatic heterocycles. The van der Waals surface area contributed by atoms with Crippen molar-refractivity contribution in [3.8, 4) is 0 Å². The van der Waals surface area contributed by atoms with Crippen molar-refractivity contribution in [3.63, 3.8) is 0 Å². The van der Waals surface area contributed by atoms with Crippen LogP contribution in [-0.4, -0.2) is 35.1 Å². The highest BCUT2D eigenvalue weighted by molar-refractivity contribution is 7.12. The normalized spacial score (nSPS) is 13.4. The number of hydrazine groups is 1. The zero-order valence-electron chi connectivity index (χ0n) is 13.2. The van der Waals surface area contributed by atoms with Gasteiger partial charge in [-0.25, -0.2) is 0 Å². The molecule has 7 nitrogen and oxygen atoms in total. The summed E-state index contributed by atoms with van der Waals surface area (Å²) < 4.78 is 0. The first-order valence-corrected chi connectivity index (χ1v) is 8.49. The maximum Gasteiger partial charge on any atom is 0.279 e. The Balaban J connectivity index is 1.53. The SMILES string of the molecule is O=C(CCN1C(=O)Cc2ccccc2C1=O)NNC(=O)c1cccs1. The van der Waals surface area contributed by atoms with Crippen LogP contribution in [0.5, 0.6) is 0 Å². The summed E-state index contributed by atoms with van der Waals surface area (Å²) in [5.74, 6) is -1.63. The lowest BCUT2D eigenvalue weighted by Gasteiger charge is -2.26. The fraction of sp³-hybridized carbons (Fsp3) is 0.176. The van der Waals surface area contributed by atoms with Crippen LogP contribution >= 0.6 is 11.3 Å². The summed E-state index contributed by atoms with van der Waals surface area (Å²) in [6.07, 6.45) is 0.0447. The predicted octanol–water partition coefficient (Wildman–Crippen LogP) is 1.12. The molecule has 1 aromatic carbocycles. The zero-order chi connectivity index (χ0) is 17.8. The van der Waals surface area contributed by atoms with E-state index < -0.39 is 17.7 Å². The number of rotatable bonds is 4. The van der Waals surface area contributed by atoms with E-state index in [1.54, 1.807) is 41.8 Å². The van der Waals surface area contributed by atoms with Gasteiger partial charge in [-0.2, -0.15) is 0 Å². The fourth-order valence-corrected chi connectivity index (χ4v) is 3.12. The van der Waals surface area contributed by atoms with E-state index >= 15 is 0 Å². The summed E-state index contributed by atoms with van der Waals surface area (Å²) in [6.45, 7) is -0.0350. The van der Waals surface area contributed by atoms with Crippen LogP contribution in [0.2, 0.25) is 0 Å². The molecule has 2 heterocycles. The molecule has 25 heavy (non-hydrogen) atoms. The van der Waals surface area contributed by atoms with Crippen molar-refractivity contribution in [2.75, 3.05) is 6.54 Å². The molecule has 0 bridgehead atoms. The molecule has 0 atom stereocenters. The lowest BCUT2D eigenvalue weighted by Crippen LogP contribution is -2.46. The third-order valence-electron chi connectivity index (χ3n) is 3.76. The predicted molar refractivity (Wildman–Crippen MR) is 90.7 cm³/mol. The summed E-state index contributed by atoms with van der Waals surface area (Å²) >= 11 is 1.25. The minimum Gasteiger partial charge on any atom is -0.278 e. The van der Waals surface area contributed by atoms with Crippen molar-refractivity contribution >= 4 is 35.0 Å². The molecular weight excluding hydrogens is 342 g/mol. The van der Waals surface area contributed by atoms with Crippen molar-refractivity contribution < 1.29 is 19.2 Å². The Morgan fingerprint density at radius 2 is 1.88 bits per heavy atom. The van der Waals surface area contributed by atoms with Crippen LogP contribution in [-0.2, 0) is 16.0 Å². The van der Waals surface area contributed by atoms with E-state index in [1.165, 1.54) is 11.3 Å². The average Bonchev–Trinajstić information content (AvgIpc) is 3.14. The van der Waals surface area contributed by atoms with Gasteiger partial charge in [0.05, 0.1) is 11.3 Å². The van der Waals surface area contributed by atoms with Gasteiger partial charge in [-0.15, -0.1) is 11.3 Å². The molecule has 0 saturated carbocycles. The molecule has 1 aliphatic rings. The number of hydrogen-bond donors (Lipinski definition) is 2. The highest BCUT2D eigenvalue weighted by atomic mass is 32.1. The highest BCUT2D eigenvalue weighted by Crippen LogP contribution is 2.19. The number of nitrogens with one attached hydrogen (secondary N) is 2. The van der Waals surface area contributed by atoms with Crippen molar-refractivity contribution in [2.45, 2.75) is 12.8 Å². The largest absolute Gasteiger partial charge is 0.279 e. The molecule has 1 aromatic heterocycles. The Hall–Kier alpha value is -3.00. The summed E-state index contributed by atoms with van der Waals surface area (Å²) in [7, 11) is 0. The molecule has 2 N–H and O–H groups in total. The molecular formula is C17H15N3O4S. The molecule has 0 radical (unpaired) electrons. The third kappa shape index (κ3) is 3.74. The zero-order valence-corrected chi connectivity index (χ0v) is 14.0. The van der Waals surface area contributed by atoms with Gasteiger partial charge in [0.2, 0.25) is 11.8 Å². The maximum absolute atomic E-state index is 12.4. The van der Waals surface area contributed by atoms with E-state index in [0.29, 0.717) is 16.0 Å². The van der Waals surface area contributed by atoms with Crippen LogP contribution in [0.15, 0.2) is 41.8 Å². The van der Waals surface area contributed by atoms with Crippen LogP contribution in [0, 0.1) is 0 Å². The van der Waals surface area contributed by atoms with E-state index in [2.05, 4.69) is 10.9 Å². The second-order valence-corrected chi connectivity index (χ2v) is 6.36. The summed E-state index contributed by atoms with van der Waals surface area (Å²) in [6, 6.07) is 10.3. The van der Waals surface area contributed by atoms with Crippen molar-refractivity contribution in [3.05, 3.63) is 57.8 Å². The molecule has 8 heteroatoms. The molecule has 0 fully saturated rings. The quantitative estimate of drug-likeness (QED) is 0.633. The topological polar surface area (TPSA) is 95.6 Å². The Kier molecular flexibility index (Phi) is 4.90. The van der Waals surface area contributed by atoms with Crippen molar-refractivity contribution in [2.24, 2.45) is 0 Å². The summed E-state index contributed by atoms with van der Waals surface area (Å²) in [5.41, 5.74) is 5.75. The molecule has 2 aromatic rings. The number of hydrogen-bond acceptors (Lipinski definition) is 5. The van der Waals surface area contributed by atoms with E-state index in [-0.39, 0.29) is 25.3 Å². The number of amides is 4. The molecule has 3 rings (SSSR count). The Morgan fingerprint density at radius 1 is 1.08 bits per heavy atom. The summed E-state index contributed by atoms with van der Waals surface area (Å²) in [5, 5.41) is 1.75. The second kappa shape index (κ2) is 7.27. The van der Waals surface area contributed by atoms with Crippen LogP contribution in [0.3, 0.4) is 0 Å². The minimum atomic E-state index is -0.482. The number of thiophene rings is 1. The van der Waals surface area contributed by atoms with E-state index in [0.717, 1.165) is 4.90 Å². The minimum absolute atomic E-state index is 0.0350. The van der Waals surface area contributed by atoms with Gasteiger partial charge in [-0.05, 0) is 23.1 Å². The molecule has 0 spiro atoms. The molecule has 0 unspecified atom stereocenters. The number of carbonyl (C=O) groups is 4. The van der Waals surface area contributed by atoms with Gasteiger partial charge in [-0.1, -0.05) is 24.3 Å². The van der Waals surface area contributed by atoms with Crippen LogP contribution in [0.1, 0.15) is 32.0 Å². The molecule has 0 aliphatic carbocycles. The number of benzene rings is 1. The third-order valence-corrected chi connectivity index (χ3v) is 4.63. The second-order valence-electron chi connectivity index (χ2n) is 5.41. The lowest BCUT2D eigenvalue weighted by molar-refractivity contribution is -0.129. The number of carbonyl (C=O) groups excluding carboxylic acids is 4. The fourth-order valence-electron chi connectivity index (χ4n) is 2.50. The van der Waals surface area contributed by atoms with Gasteiger partial charge >= 0.3 is 0 Å². The number of imide groups is 1. The standard InChI is InChI=1S/C17H15N3O4S/c21-14(18-19-16(23)13-6-3-9-25-13)7-8-20-15(22)10-11-4-1-2-5-12(11)17(20)24/h1-6,9H,7-8,10H2,(H,18,21)(H,19,23). The monoisotopic (exact) mass is 357 g/mol. The van der Waals surface area contributed by atoms with Gasteiger partial charge in [0.25, 0.3) is 11.8 Å². The van der Waals surface area contributed by atoms with Gasteiger partial charge in [-0.3, -0.25) is 34.9 Å². The lowest BCUT2D eigenvalue weighted by atomic mass is 9.98. The summed E-state index contributed by atoms with van der Waals surface area (Å²) in [4.78, 5) is 49.6. The van der Waals surface area contributed by atoms with E-state index in [9.17, 15) is 19.2 Å². The van der Waals surface area contributed by atoms with Gasteiger partial charge in [0.15, 0.2) is 0 Å². The molecule has 0 saturated heterocycles. The Labute approximate surface area is 147 Å². The molecule has 128 valence electrons. The first-order valence-electron chi connectivity index (χ1n) is 7.61. The maximum atomic E-state index is 12.4. The van der Waals surface area contributed by atoms with Gasteiger partial charge in [0.1, 0.15) is 0 Å². The van der Waals surface area contributed by atoms with Gasteiger partial charge < -0.3 is 0 Å². The smallest absolute Gasteiger partial charge is 0.278 e. The Morgan fingerprint density at radius 3 is 2.64 bits per heavy atom. The average molecular weight is 357 g/mol. The first kappa shape index (κ1) is 16.8. The Bertz CT molecular complexity index is 832. The van der Waals surface area contributed by atoms with Crippen LogP contribution in [0.25, 0.3) is 0 Å². The molecule has 4 amide bonds. The first-order chi connectivity index (χ1) is 12.1. The number of nitrogens with zero attached hydrogens (tertiary/aromatic N) is 1. The van der Waals surface area contributed by atoms with Crippen LogP contribution in [0.4, 0.5) is 0 Å².